The van der Waals surface area contributed by atoms with Crippen LogP contribution in [0.2, 0.25) is 0 Å². The van der Waals surface area contributed by atoms with Crippen LogP contribution in [0.3, 0.4) is 0 Å². The Bertz CT molecular complexity index is 1150. The third-order valence-electron chi connectivity index (χ3n) is 7.79. The van der Waals surface area contributed by atoms with Crippen LogP contribution in [0, 0.1) is 11.3 Å². The Kier molecular flexibility index (Phi) is 6.51. The van der Waals surface area contributed by atoms with Crippen molar-refractivity contribution in [3.05, 3.63) is 65.3 Å². The quantitative estimate of drug-likeness (QED) is 0.541. The van der Waals surface area contributed by atoms with Crippen molar-refractivity contribution in [2.45, 2.75) is 51.6 Å². The molecule has 2 saturated heterocycles. The molecular formula is C28H36N4O3. The molecule has 1 aromatic carbocycles. The van der Waals surface area contributed by atoms with Gasteiger partial charge in [-0.25, -0.2) is 0 Å². The van der Waals surface area contributed by atoms with Gasteiger partial charge in [0.25, 0.3) is 0 Å². The summed E-state index contributed by atoms with van der Waals surface area (Å²) in [5.74, 6) is 2.09. The van der Waals surface area contributed by atoms with E-state index < -0.39 is 5.60 Å². The zero-order chi connectivity index (χ0) is 24.6. The van der Waals surface area contributed by atoms with Gasteiger partial charge in [0.15, 0.2) is 0 Å². The summed E-state index contributed by atoms with van der Waals surface area (Å²) in [7, 11) is 2.08. The molecule has 0 amide bonds. The van der Waals surface area contributed by atoms with Crippen LogP contribution >= 0.6 is 0 Å². The van der Waals surface area contributed by atoms with Crippen molar-refractivity contribution in [3.63, 3.8) is 0 Å². The molecule has 0 saturated carbocycles. The Hall–Kier alpha value is -2.61. The van der Waals surface area contributed by atoms with Crippen LogP contribution in [0.15, 0.2) is 47.2 Å². The van der Waals surface area contributed by atoms with Gasteiger partial charge >= 0.3 is 0 Å². The van der Waals surface area contributed by atoms with E-state index in [4.69, 9.17) is 9.26 Å². The average molecular weight is 477 g/mol. The Labute approximate surface area is 207 Å². The number of aromatic nitrogens is 3. The van der Waals surface area contributed by atoms with Gasteiger partial charge in [0, 0.05) is 61.7 Å². The molecule has 2 fully saturated rings. The molecule has 186 valence electrons. The molecule has 1 N–H and O–H groups in total. The minimum atomic E-state index is -1.20. The zero-order valence-electron chi connectivity index (χ0n) is 21.2. The highest BCUT2D eigenvalue weighted by Gasteiger charge is 2.55. The van der Waals surface area contributed by atoms with Crippen molar-refractivity contribution in [2.75, 3.05) is 33.4 Å². The highest BCUT2D eigenvalue weighted by atomic mass is 16.5. The van der Waals surface area contributed by atoms with Crippen molar-refractivity contribution >= 4 is 0 Å². The van der Waals surface area contributed by atoms with E-state index in [1.54, 1.807) is 12.4 Å². The second kappa shape index (κ2) is 9.45. The molecule has 2 aliphatic rings. The topological polar surface area (TPSA) is 84.5 Å². The zero-order valence-corrected chi connectivity index (χ0v) is 21.2. The third kappa shape index (κ3) is 4.53. The molecule has 2 aliphatic heterocycles. The maximum atomic E-state index is 12.4. The summed E-state index contributed by atoms with van der Waals surface area (Å²) in [6, 6.07) is 10.3. The molecule has 3 aromatic rings. The van der Waals surface area contributed by atoms with Crippen LogP contribution in [-0.2, 0) is 16.8 Å². The summed E-state index contributed by atoms with van der Waals surface area (Å²) in [6.07, 6.45) is 6.31. The van der Waals surface area contributed by atoms with Crippen LogP contribution < -0.4 is 0 Å². The van der Waals surface area contributed by atoms with Crippen molar-refractivity contribution < 1.29 is 14.4 Å². The molecule has 1 atom stereocenters. The summed E-state index contributed by atoms with van der Waals surface area (Å²) >= 11 is 0. The molecule has 1 unspecified atom stereocenters. The summed E-state index contributed by atoms with van der Waals surface area (Å²) in [5.41, 5.74) is 2.07. The Morgan fingerprint density at radius 1 is 1.11 bits per heavy atom. The van der Waals surface area contributed by atoms with Crippen molar-refractivity contribution in [2.24, 2.45) is 11.3 Å². The second-order valence-electron chi connectivity index (χ2n) is 11.0. The number of benzene rings is 1. The summed E-state index contributed by atoms with van der Waals surface area (Å²) in [5, 5.41) is 16.7. The number of rotatable bonds is 7. The first-order valence-corrected chi connectivity index (χ1v) is 12.7. The maximum absolute atomic E-state index is 12.4. The van der Waals surface area contributed by atoms with E-state index in [9.17, 15) is 5.11 Å². The monoisotopic (exact) mass is 476 g/mol. The number of pyridine rings is 1. The number of hydrogen-bond donors (Lipinski definition) is 1. The number of likely N-dealkylation sites (tertiary alicyclic amines) is 1. The SMILES string of the molecule is CC(C)c1ccc(C(O)(c2cncc(-c3noc(CC4CCOCC4)n3)c2)C2(C)CN(C)C2)cc1. The predicted octanol–water partition coefficient (Wildman–Crippen LogP) is 4.41. The number of aliphatic hydroxyl groups is 1. The molecule has 0 radical (unpaired) electrons. The fraction of sp³-hybridized carbons (Fsp3) is 0.536. The largest absolute Gasteiger partial charge is 0.381 e. The smallest absolute Gasteiger partial charge is 0.227 e. The minimum absolute atomic E-state index is 0.354. The van der Waals surface area contributed by atoms with Crippen LogP contribution in [0.25, 0.3) is 11.4 Å². The normalized spacial score (nSPS) is 20.5. The van der Waals surface area contributed by atoms with E-state index in [0.29, 0.717) is 23.6 Å². The van der Waals surface area contributed by atoms with E-state index >= 15 is 0 Å². The standard InChI is InChI=1S/C28H36N4O3/c1-19(2)21-5-7-23(8-6-21)28(33,27(3)17-32(4)18-27)24-14-22(15-29-16-24)26-30-25(35-31-26)13-20-9-11-34-12-10-20/h5-8,14-16,19-20,33H,9-13,17-18H2,1-4H3. The Balaban J connectivity index is 1.48. The van der Waals surface area contributed by atoms with Gasteiger partial charge in [0.05, 0.1) is 0 Å². The lowest BCUT2D eigenvalue weighted by Crippen LogP contribution is -2.63. The molecule has 0 bridgehead atoms. The minimum Gasteiger partial charge on any atom is -0.381 e. The highest BCUT2D eigenvalue weighted by molar-refractivity contribution is 5.56. The van der Waals surface area contributed by atoms with Gasteiger partial charge in [-0.2, -0.15) is 4.98 Å². The lowest BCUT2D eigenvalue weighted by molar-refractivity contribution is -0.127. The number of ether oxygens (including phenoxy) is 1. The van der Waals surface area contributed by atoms with E-state index in [2.05, 4.69) is 72.1 Å². The van der Waals surface area contributed by atoms with Crippen LogP contribution in [0.1, 0.15) is 62.1 Å². The fourth-order valence-corrected chi connectivity index (χ4v) is 5.76. The number of nitrogens with zero attached hydrogens (tertiary/aromatic N) is 4. The van der Waals surface area contributed by atoms with Gasteiger partial charge < -0.3 is 19.3 Å². The van der Waals surface area contributed by atoms with Crippen LogP contribution in [-0.4, -0.2) is 58.5 Å². The molecule has 5 rings (SSSR count). The molecule has 7 nitrogen and oxygen atoms in total. The lowest BCUT2D eigenvalue weighted by atomic mass is 9.62. The highest BCUT2D eigenvalue weighted by Crippen LogP contribution is 2.50. The lowest BCUT2D eigenvalue weighted by Gasteiger charge is -2.55. The van der Waals surface area contributed by atoms with Crippen molar-refractivity contribution in [1.82, 2.24) is 20.0 Å². The number of hydrogen-bond acceptors (Lipinski definition) is 7. The van der Waals surface area contributed by atoms with E-state index in [1.165, 1.54) is 5.56 Å². The van der Waals surface area contributed by atoms with Crippen LogP contribution in [0.4, 0.5) is 0 Å². The van der Waals surface area contributed by atoms with E-state index in [1.807, 2.05) is 6.07 Å². The Morgan fingerprint density at radius 2 is 1.83 bits per heavy atom. The third-order valence-corrected chi connectivity index (χ3v) is 7.79. The summed E-state index contributed by atoms with van der Waals surface area (Å²) < 4.78 is 11.0. The van der Waals surface area contributed by atoms with Gasteiger partial charge in [0.1, 0.15) is 5.60 Å². The van der Waals surface area contributed by atoms with Gasteiger partial charge in [-0.15, -0.1) is 0 Å². The first-order valence-electron chi connectivity index (χ1n) is 12.7. The van der Waals surface area contributed by atoms with Crippen molar-refractivity contribution in [3.8, 4) is 11.4 Å². The van der Waals surface area contributed by atoms with Gasteiger partial charge in [0.2, 0.25) is 11.7 Å². The molecule has 0 spiro atoms. The molecule has 2 aromatic heterocycles. The summed E-state index contributed by atoms with van der Waals surface area (Å²) in [6.45, 7) is 9.67. The molecular weight excluding hydrogens is 440 g/mol. The van der Waals surface area contributed by atoms with Crippen molar-refractivity contribution in [1.29, 1.82) is 0 Å². The molecule has 0 aliphatic carbocycles. The van der Waals surface area contributed by atoms with Gasteiger partial charge in [-0.3, -0.25) is 4.98 Å². The predicted molar refractivity (Wildman–Crippen MR) is 134 cm³/mol. The Morgan fingerprint density at radius 3 is 2.49 bits per heavy atom. The first kappa shape index (κ1) is 24.1. The molecule has 4 heterocycles. The maximum Gasteiger partial charge on any atom is 0.227 e. The van der Waals surface area contributed by atoms with E-state index in [-0.39, 0.29) is 5.41 Å². The molecule has 7 heteroatoms. The van der Waals surface area contributed by atoms with Gasteiger partial charge in [-0.1, -0.05) is 50.2 Å². The van der Waals surface area contributed by atoms with Gasteiger partial charge in [-0.05, 0) is 48.9 Å². The first-order chi connectivity index (χ1) is 16.8. The van der Waals surface area contributed by atoms with E-state index in [0.717, 1.165) is 62.3 Å². The fourth-order valence-electron chi connectivity index (χ4n) is 5.76. The molecule has 35 heavy (non-hydrogen) atoms. The summed E-state index contributed by atoms with van der Waals surface area (Å²) in [4.78, 5) is 11.4. The second-order valence-corrected chi connectivity index (χ2v) is 11.0. The van der Waals surface area contributed by atoms with Crippen LogP contribution in [0.5, 0.6) is 0 Å². The average Bonchev–Trinajstić information content (AvgIpc) is 3.32.